The lowest BCUT2D eigenvalue weighted by atomic mass is 10.00. The minimum Gasteiger partial charge on any atom is -0.379 e. The van der Waals surface area contributed by atoms with Gasteiger partial charge in [-0.1, -0.05) is 6.07 Å². The van der Waals surface area contributed by atoms with Crippen LogP contribution in [-0.4, -0.2) is 93.0 Å². The Morgan fingerprint density at radius 3 is 2.53 bits per heavy atom. The molecule has 8 heteroatoms. The van der Waals surface area contributed by atoms with Crippen molar-refractivity contribution >= 4 is 17.3 Å². The lowest BCUT2D eigenvalue weighted by Crippen LogP contribution is -2.59. The van der Waals surface area contributed by atoms with Gasteiger partial charge in [-0.3, -0.25) is 14.8 Å². The molecule has 0 saturated carbocycles. The Morgan fingerprint density at radius 2 is 1.93 bits per heavy atom. The molecule has 3 rings (SSSR count). The zero-order valence-corrected chi connectivity index (χ0v) is 20.0. The van der Waals surface area contributed by atoms with Gasteiger partial charge in [0, 0.05) is 56.7 Å². The van der Waals surface area contributed by atoms with Crippen LogP contribution in [0.25, 0.3) is 0 Å². The Bertz CT molecular complexity index is 650. The van der Waals surface area contributed by atoms with Crippen molar-refractivity contribution in [3.8, 4) is 0 Å². The molecule has 3 unspecified atom stereocenters. The van der Waals surface area contributed by atoms with Gasteiger partial charge in [-0.2, -0.15) is 0 Å². The fourth-order valence-electron chi connectivity index (χ4n) is 4.28. The number of morpholine rings is 2. The van der Waals surface area contributed by atoms with Crippen LogP contribution in [-0.2, 0) is 9.47 Å². The predicted octanol–water partition coefficient (Wildman–Crippen LogP) is 2.17. The van der Waals surface area contributed by atoms with Crippen molar-refractivity contribution in [3.63, 3.8) is 0 Å². The summed E-state index contributed by atoms with van der Waals surface area (Å²) in [6, 6.07) is 4.70. The summed E-state index contributed by atoms with van der Waals surface area (Å²) in [6.07, 6.45) is 0.538. The van der Waals surface area contributed by atoms with E-state index in [1.165, 1.54) is 4.88 Å². The monoisotopic (exact) mass is 437 g/mol. The number of guanidine groups is 1. The molecule has 0 aromatic carbocycles. The largest absolute Gasteiger partial charge is 0.379 e. The maximum Gasteiger partial charge on any atom is 0.191 e. The SMILES string of the molecule is CN=C(NCC(c1cccs1)N1CCOCC1)NCC(C)(C)N1CC(C)OC(C)C1. The van der Waals surface area contributed by atoms with Crippen LogP contribution in [0, 0.1) is 0 Å². The van der Waals surface area contributed by atoms with Crippen LogP contribution in [0.3, 0.4) is 0 Å². The van der Waals surface area contributed by atoms with Crippen molar-refractivity contribution in [3.05, 3.63) is 22.4 Å². The molecule has 3 heterocycles. The van der Waals surface area contributed by atoms with Gasteiger partial charge in [0.05, 0.1) is 31.5 Å². The molecule has 0 radical (unpaired) electrons. The molecule has 0 spiro atoms. The molecule has 0 amide bonds. The predicted molar refractivity (Wildman–Crippen MR) is 124 cm³/mol. The van der Waals surface area contributed by atoms with E-state index in [0.29, 0.717) is 6.04 Å². The van der Waals surface area contributed by atoms with Crippen LogP contribution in [0.5, 0.6) is 0 Å². The molecule has 2 aliphatic heterocycles. The van der Waals surface area contributed by atoms with E-state index < -0.39 is 0 Å². The van der Waals surface area contributed by atoms with Gasteiger partial charge in [-0.15, -0.1) is 11.3 Å². The van der Waals surface area contributed by atoms with Crippen LogP contribution in [0.15, 0.2) is 22.5 Å². The van der Waals surface area contributed by atoms with E-state index in [-0.39, 0.29) is 17.7 Å². The first-order valence-corrected chi connectivity index (χ1v) is 12.0. The lowest BCUT2D eigenvalue weighted by molar-refractivity contribution is -0.0946. The molecule has 170 valence electrons. The average Bonchev–Trinajstić information content (AvgIpc) is 3.25. The molecule has 0 aliphatic carbocycles. The van der Waals surface area contributed by atoms with Crippen LogP contribution in [0.2, 0.25) is 0 Å². The number of rotatable bonds is 7. The molecule has 1 aromatic rings. The van der Waals surface area contributed by atoms with E-state index in [4.69, 9.17) is 9.47 Å². The van der Waals surface area contributed by atoms with Crippen LogP contribution in [0.1, 0.15) is 38.6 Å². The van der Waals surface area contributed by atoms with Crippen LogP contribution in [0.4, 0.5) is 0 Å². The number of nitrogens with one attached hydrogen (secondary N) is 2. The lowest BCUT2D eigenvalue weighted by Gasteiger charge is -2.45. The summed E-state index contributed by atoms with van der Waals surface area (Å²) < 4.78 is 11.5. The fourth-order valence-corrected chi connectivity index (χ4v) is 5.14. The van der Waals surface area contributed by atoms with E-state index in [9.17, 15) is 0 Å². The first-order valence-electron chi connectivity index (χ1n) is 11.1. The molecule has 0 bridgehead atoms. The van der Waals surface area contributed by atoms with Gasteiger partial charge in [0.1, 0.15) is 0 Å². The van der Waals surface area contributed by atoms with Gasteiger partial charge in [0.25, 0.3) is 0 Å². The zero-order valence-electron chi connectivity index (χ0n) is 19.2. The standard InChI is InChI=1S/C22H39N5O2S/c1-17-14-27(15-18(2)29-17)22(3,4)16-25-21(23-5)24-13-19(20-7-6-12-30-20)26-8-10-28-11-9-26/h6-7,12,17-19H,8-11,13-16H2,1-5H3,(H2,23,24,25). The number of nitrogens with zero attached hydrogens (tertiary/aromatic N) is 3. The number of ether oxygens (including phenoxy) is 2. The summed E-state index contributed by atoms with van der Waals surface area (Å²) in [4.78, 5) is 10.9. The summed E-state index contributed by atoms with van der Waals surface area (Å²) >= 11 is 1.82. The van der Waals surface area contributed by atoms with Gasteiger partial charge in [-0.05, 0) is 39.1 Å². The summed E-state index contributed by atoms with van der Waals surface area (Å²) in [5.74, 6) is 0.854. The molecule has 2 saturated heterocycles. The number of hydrogen-bond donors (Lipinski definition) is 2. The molecule has 7 nitrogen and oxygen atoms in total. The maximum absolute atomic E-state index is 5.91. The van der Waals surface area contributed by atoms with Crippen molar-refractivity contribution in [1.82, 2.24) is 20.4 Å². The van der Waals surface area contributed by atoms with Gasteiger partial charge in [0.15, 0.2) is 5.96 Å². The van der Waals surface area contributed by atoms with Crippen molar-refractivity contribution in [2.24, 2.45) is 4.99 Å². The molecular weight excluding hydrogens is 398 g/mol. The van der Waals surface area contributed by atoms with Crippen molar-refractivity contribution in [1.29, 1.82) is 0 Å². The van der Waals surface area contributed by atoms with Gasteiger partial charge < -0.3 is 20.1 Å². The van der Waals surface area contributed by atoms with Crippen molar-refractivity contribution in [2.45, 2.75) is 51.5 Å². The molecule has 3 atom stereocenters. The van der Waals surface area contributed by atoms with Crippen molar-refractivity contribution < 1.29 is 9.47 Å². The average molecular weight is 438 g/mol. The second-order valence-corrected chi connectivity index (χ2v) is 9.94. The minimum atomic E-state index is 0.0152. The Balaban J connectivity index is 1.55. The summed E-state index contributed by atoms with van der Waals surface area (Å²) in [6.45, 7) is 16.0. The fraction of sp³-hybridized carbons (Fsp3) is 0.773. The summed E-state index contributed by atoms with van der Waals surface area (Å²) in [7, 11) is 1.84. The third kappa shape index (κ3) is 6.40. The van der Waals surface area contributed by atoms with E-state index in [1.54, 1.807) is 0 Å². The Kier molecular flexibility index (Phi) is 8.53. The highest BCUT2D eigenvalue weighted by Crippen LogP contribution is 2.25. The van der Waals surface area contributed by atoms with Crippen LogP contribution >= 0.6 is 11.3 Å². The van der Waals surface area contributed by atoms with Gasteiger partial charge in [0.2, 0.25) is 0 Å². The van der Waals surface area contributed by atoms with Gasteiger partial charge in [-0.25, -0.2) is 0 Å². The van der Waals surface area contributed by atoms with Crippen LogP contribution < -0.4 is 10.6 Å². The third-order valence-corrected chi connectivity index (χ3v) is 6.98. The highest BCUT2D eigenvalue weighted by atomic mass is 32.1. The smallest absolute Gasteiger partial charge is 0.191 e. The summed E-state index contributed by atoms with van der Waals surface area (Å²) in [5.41, 5.74) is 0.0152. The number of hydrogen-bond acceptors (Lipinski definition) is 6. The highest BCUT2D eigenvalue weighted by Gasteiger charge is 2.33. The number of aliphatic imine (C=N–C) groups is 1. The number of thiophene rings is 1. The third-order valence-electron chi connectivity index (χ3n) is 6.01. The van der Waals surface area contributed by atoms with Gasteiger partial charge >= 0.3 is 0 Å². The van der Waals surface area contributed by atoms with E-state index in [2.05, 4.69) is 70.6 Å². The molecule has 1 aromatic heterocycles. The maximum atomic E-state index is 5.91. The quantitative estimate of drug-likeness (QED) is 0.504. The molecule has 2 fully saturated rings. The second kappa shape index (κ2) is 10.9. The molecule has 2 N–H and O–H groups in total. The first kappa shape index (κ1) is 23.5. The zero-order chi connectivity index (χ0) is 21.6. The Labute approximate surface area is 185 Å². The van der Waals surface area contributed by atoms with Crippen molar-refractivity contribution in [2.75, 3.05) is 59.5 Å². The molecule has 2 aliphatic rings. The normalized spacial score (nSPS) is 25.8. The topological polar surface area (TPSA) is 61.4 Å². The minimum absolute atomic E-state index is 0.0152. The van der Waals surface area contributed by atoms with E-state index >= 15 is 0 Å². The first-order chi connectivity index (χ1) is 14.4. The molecule has 30 heavy (non-hydrogen) atoms. The van der Waals surface area contributed by atoms with E-state index in [0.717, 1.165) is 58.4 Å². The second-order valence-electron chi connectivity index (χ2n) is 8.96. The molecular formula is C22H39N5O2S. The Morgan fingerprint density at radius 1 is 1.23 bits per heavy atom. The highest BCUT2D eigenvalue weighted by molar-refractivity contribution is 7.10. The summed E-state index contributed by atoms with van der Waals surface area (Å²) in [5, 5.41) is 9.28. The van der Waals surface area contributed by atoms with E-state index in [1.807, 2.05) is 18.4 Å². The Hall–Kier alpha value is -1.19.